The van der Waals surface area contributed by atoms with Crippen molar-refractivity contribution in [3.05, 3.63) is 60.0 Å². The Bertz CT molecular complexity index is 1030. The van der Waals surface area contributed by atoms with Crippen LogP contribution in [-0.4, -0.2) is 51.8 Å². The molecule has 0 saturated carbocycles. The number of pyridine rings is 1. The summed E-state index contributed by atoms with van der Waals surface area (Å²) in [6, 6.07) is 12.1. The Balaban J connectivity index is 0.00000144. The van der Waals surface area contributed by atoms with E-state index in [0.717, 1.165) is 56.5 Å². The van der Waals surface area contributed by atoms with Gasteiger partial charge in [0.15, 0.2) is 5.65 Å². The minimum atomic E-state index is -0.242. The predicted molar refractivity (Wildman–Crippen MR) is 129 cm³/mol. The van der Waals surface area contributed by atoms with E-state index >= 15 is 0 Å². The molecule has 2 saturated heterocycles. The van der Waals surface area contributed by atoms with E-state index < -0.39 is 0 Å². The molecule has 7 nitrogen and oxygen atoms in total. The third kappa shape index (κ3) is 4.91. The highest BCUT2D eigenvalue weighted by molar-refractivity contribution is 5.96. The SMILES string of the molecule is Cl.Cl.O=C(NC1CCCOC12CCNCC2)c1cnc2c(c1)ncn2Cc1ccccc1. The Labute approximate surface area is 200 Å². The zero-order valence-corrected chi connectivity index (χ0v) is 19.5. The second-order valence-corrected chi connectivity index (χ2v) is 8.26. The third-order valence-corrected chi connectivity index (χ3v) is 6.33. The van der Waals surface area contributed by atoms with Crippen molar-refractivity contribution < 1.29 is 9.53 Å². The van der Waals surface area contributed by atoms with Crippen molar-refractivity contribution in [2.24, 2.45) is 0 Å². The van der Waals surface area contributed by atoms with E-state index in [4.69, 9.17) is 4.74 Å². The average Bonchev–Trinajstić information content (AvgIpc) is 3.19. The molecule has 2 fully saturated rings. The summed E-state index contributed by atoms with van der Waals surface area (Å²) >= 11 is 0. The number of piperidine rings is 1. The highest BCUT2D eigenvalue weighted by Gasteiger charge is 2.43. The molecular weight excluding hydrogens is 449 g/mol. The summed E-state index contributed by atoms with van der Waals surface area (Å²) in [5.74, 6) is -0.101. The number of imidazole rings is 1. The molecule has 0 radical (unpaired) electrons. The van der Waals surface area contributed by atoms with Gasteiger partial charge in [-0.25, -0.2) is 9.97 Å². The van der Waals surface area contributed by atoms with Crippen LogP contribution in [0.1, 0.15) is 41.6 Å². The molecule has 3 aromatic rings. The molecule has 4 heterocycles. The van der Waals surface area contributed by atoms with E-state index in [0.29, 0.717) is 12.1 Å². The summed E-state index contributed by atoms with van der Waals surface area (Å²) in [6.07, 6.45) is 7.22. The van der Waals surface area contributed by atoms with Crippen LogP contribution in [0.3, 0.4) is 0 Å². The molecule has 1 unspecified atom stereocenters. The third-order valence-electron chi connectivity index (χ3n) is 6.33. The lowest BCUT2D eigenvalue weighted by Gasteiger charge is -2.46. The highest BCUT2D eigenvalue weighted by atomic mass is 35.5. The van der Waals surface area contributed by atoms with Gasteiger partial charge in [0.1, 0.15) is 5.52 Å². The first kappa shape index (κ1) is 24.5. The lowest BCUT2D eigenvalue weighted by Crippen LogP contribution is -2.60. The fraction of sp³-hybridized carbons (Fsp3) is 0.435. The first-order chi connectivity index (χ1) is 14.7. The Hall–Kier alpha value is -2.19. The van der Waals surface area contributed by atoms with Crippen molar-refractivity contribution in [2.75, 3.05) is 19.7 Å². The van der Waals surface area contributed by atoms with Gasteiger partial charge in [-0.2, -0.15) is 0 Å². The normalized spacial score (nSPS) is 19.7. The molecule has 9 heteroatoms. The molecule has 2 aliphatic rings. The number of carbonyl (C=O) groups is 1. The number of fused-ring (bicyclic) bond motifs is 1. The average molecular weight is 478 g/mol. The van der Waals surface area contributed by atoms with Crippen LogP contribution in [-0.2, 0) is 11.3 Å². The van der Waals surface area contributed by atoms with Crippen molar-refractivity contribution in [1.82, 2.24) is 25.2 Å². The van der Waals surface area contributed by atoms with Crippen LogP contribution in [0.4, 0.5) is 0 Å². The molecule has 2 N–H and O–H groups in total. The Morgan fingerprint density at radius 3 is 2.75 bits per heavy atom. The fourth-order valence-corrected chi connectivity index (χ4v) is 4.68. The zero-order valence-electron chi connectivity index (χ0n) is 17.8. The highest BCUT2D eigenvalue weighted by Crippen LogP contribution is 2.33. The standard InChI is InChI=1S/C23H27N5O2.2ClH/c29-22(27-20-7-4-12-30-23(20)8-10-24-11-9-23)18-13-19-21(25-14-18)28(16-26-19)15-17-5-2-1-3-6-17;;/h1-3,5-6,13-14,16,20,24H,4,7-12,15H2,(H,27,29);2*1H. The Morgan fingerprint density at radius 1 is 1.19 bits per heavy atom. The number of halogens is 2. The molecule has 1 aromatic carbocycles. The summed E-state index contributed by atoms with van der Waals surface area (Å²) < 4.78 is 8.21. The summed E-state index contributed by atoms with van der Waals surface area (Å²) in [4.78, 5) is 22.1. The van der Waals surface area contributed by atoms with Crippen molar-refractivity contribution in [3.63, 3.8) is 0 Å². The van der Waals surface area contributed by atoms with Gasteiger partial charge in [0, 0.05) is 12.8 Å². The molecule has 2 aromatic heterocycles. The van der Waals surface area contributed by atoms with Crippen LogP contribution in [0.5, 0.6) is 0 Å². The fourth-order valence-electron chi connectivity index (χ4n) is 4.68. The molecular formula is C23H29Cl2N5O2. The van der Waals surface area contributed by atoms with Gasteiger partial charge in [-0.3, -0.25) is 4.79 Å². The number of hydrogen-bond acceptors (Lipinski definition) is 5. The molecule has 0 aliphatic carbocycles. The largest absolute Gasteiger partial charge is 0.373 e. The first-order valence-electron chi connectivity index (χ1n) is 10.7. The molecule has 1 spiro atoms. The van der Waals surface area contributed by atoms with Crippen LogP contribution in [0, 0.1) is 0 Å². The number of nitrogens with one attached hydrogen (secondary N) is 2. The maximum absolute atomic E-state index is 13.0. The lowest BCUT2D eigenvalue weighted by atomic mass is 9.80. The van der Waals surface area contributed by atoms with Crippen LogP contribution in [0.2, 0.25) is 0 Å². The number of nitrogens with zero attached hydrogens (tertiary/aromatic N) is 3. The van der Waals surface area contributed by atoms with Gasteiger partial charge in [-0.1, -0.05) is 30.3 Å². The number of carbonyl (C=O) groups excluding carboxylic acids is 1. The quantitative estimate of drug-likeness (QED) is 0.601. The number of amides is 1. The van der Waals surface area contributed by atoms with Gasteiger partial charge in [-0.05, 0) is 50.4 Å². The predicted octanol–water partition coefficient (Wildman–Crippen LogP) is 3.35. The summed E-state index contributed by atoms with van der Waals surface area (Å²) in [7, 11) is 0. The Kier molecular flexibility index (Phi) is 8.11. The van der Waals surface area contributed by atoms with E-state index in [1.54, 1.807) is 12.5 Å². The first-order valence-corrected chi connectivity index (χ1v) is 10.7. The zero-order chi connectivity index (χ0) is 20.4. The van der Waals surface area contributed by atoms with Crippen molar-refractivity contribution in [1.29, 1.82) is 0 Å². The second kappa shape index (κ2) is 10.6. The van der Waals surface area contributed by atoms with Gasteiger partial charge < -0.3 is 19.9 Å². The van der Waals surface area contributed by atoms with E-state index in [1.807, 2.05) is 28.8 Å². The van der Waals surface area contributed by atoms with Crippen LogP contribution >= 0.6 is 24.8 Å². The van der Waals surface area contributed by atoms with E-state index in [1.165, 1.54) is 5.56 Å². The minimum absolute atomic E-state index is 0. The van der Waals surface area contributed by atoms with E-state index in [-0.39, 0.29) is 42.4 Å². The van der Waals surface area contributed by atoms with Crippen molar-refractivity contribution in [3.8, 4) is 0 Å². The summed E-state index contributed by atoms with van der Waals surface area (Å²) in [5, 5.41) is 6.63. The second-order valence-electron chi connectivity index (χ2n) is 8.26. The monoisotopic (exact) mass is 477 g/mol. The molecule has 1 amide bonds. The van der Waals surface area contributed by atoms with Gasteiger partial charge in [0.2, 0.25) is 0 Å². The Morgan fingerprint density at radius 2 is 1.97 bits per heavy atom. The molecule has 1 atom stereocenters. The molecule has 172 valence electrons. The summed E-state index contributed by atoms with van der Waals surface area (Å²) in [6.45, 7) is 3.34. The molecule has 0 bridgehead atoms. The smallest absolute Gasteiger partial charge is 0.253 e. The van der Waals surface area contributed by atoms with E-state index in [2.05, 4.69) is 32.7 Å². The van der Waals surface area contributed by atoms with Crippen LogP contribution in [0.15, 0.2) is 48.9 Å². The van der Waals surface area contributed by atoms with Gasteiger partial charge in [0.05, 0.1) is 30.1 Å². The number of aromatic nitrogens is 3. The van der Waals surface area contributed by atoms with Gasteiger partial charge in [0.25, 0.3) is 5.91 Å². The van der Waals surface area contributed by atoms with Gasteiger partial charge >= 0.3 is 0 Å². The molecule has 2 aliphatic heterocycles. The van der Waals surface area contributed by atoms with Crippen LogP contribution in [0.25, 0.3) is 11.2 Å². The number of hydrogen-bond donors (Lipinski definition) is 2. The molecule has 5 rings (SSSR count). The lowest BCUT2D eigenvalue weighted by molar-refractivity contribution is -0.114. The van der Waals surface area contributed by atoms with Crippen LogP contribution < -0.4 is 10.6 Å². The molecule has 32 heavy (non-hydrogen) atoms. The maximum Gasteiger partial charge on any atom is 0.253 e. The van der Waals surface area contributed by atoms with E-state index in [9.17, 15) is 4.79 Å². The maximum atomic E-state index is 13.0. The number of rotatable bonds is 4. The number of benzene rings is 1. The number of ether oxygens (including phenoxy) is 1. The summed E-state index contributed by atoms with van der Waals surface area (Å²) in [5.41, 5.74) is 3.00. The topological polar surface area (TPSA) is 81.1 Å². The van der Waals surface area contributed by atoms with Gasteiger partial charge in [-0.15, -0.1) is 24.8 Å². The minimum Gasteiger partial charge on any atom is -0.373 e. The van der Waals surface area contributed by atoms with Crippen molar-refractivity contribution >= 4 is 41.9 Å². The van der Waals surface area contributed by atoms with Crippen molar-refractivity contribution in [2.45, 2.75) is 43.9 Å².